The summed E-state index contributed by atoms with van der Waals surface area (Å²) in [5.41, 5.74) is 11.1. The summed E-state index contributed by atoms with van der Waals surface area (Å²) in [5, 5.41) is 0. The Morgan fingerprint density at radius 1 is 1.19 bits per heavy atom. The van der Waals surface area contributed by atoms with Crippen molar-refractivity contribution in [1.29, 1.82) is 0 Å². The summed E-state index contributed by atoms with van der Waals surface area (Å²) in [6, 6.07) is 0.425. The van der Waals surface area contributed by atoms with Crippen LogP contribution in [0.15, 0.2) is 0 Å². The monoisotopic (exact) mass is 296 g/mol. The van der Waals surface area contributed by atoms with Crippen LogP contribution in [0.5, 0.6) is 0 Å². The number of hydrogen-bond donors (Lipinski definition) is 2. The summed E-state index contributed by atoms with van der Waals surface area (Å²) >= 11 is 0. The van der Waals surface area contributed by atoms with Crippen molar-refractivity contribution in [3.05, 3.63) is 0 Å². The lowest BCUT2D eigenvalue weighted by molar-refractivity contribution is -0.137. The summed E-state index contributed by atoms with van der Waals surface area (Å²) < 4.78 is 0. The number of primary amides is 1. The van der Waals surface area contributed by atoms with Gasteiger partial charge in [0.05, 0.1) is 12.5 Å². The smallest absolute Gasteiger partial charge is 0.236 e. The number of nitrogens with zero attached hydrogens (tertiary/aromatic N) is 2. The van der Waals surface area contributed by atoms with E-state index in [0.717, 1.165) is 38.8 Å². The molecule has 0 aromatic rings. The third kappa shape index (κ3) is 4.17. The summed E-state index contributed by atoms with van der Waals surface area (Å²) in [6.07, 6.45) is 3.91. The zero-order valence-corrected chi connectivity index (χ0v) is 13.0. The molecule has 6 heteroatoms. The van der Waals surface area contributed by atoms with Gasteiger partial charge in [-0.2, -0.15) is 0 Å². The highest BCUT2D eigenvalue weighted by atomic mass is 16.2. The van der Waals surface area contributed by atoms with Crippen LogP contribution in [0.25, 0.3) is 0 Å². The predicted octanol–water partition coefficient (Wildman–Crippen LogP) is -0.230. The van der Waals surface area contributed by atoms with Gasteiger partial charge in [-0.25, -0.2) is 0 Å². The first-order valence-electron chi connectivity index (χ1n) is 8.02. The molecule has 0 radical (unpaired) electrons. The summed E-state index contributed by atoms with van der Waals surface area (Å²) in [6.45, 7) is 5.41. The maximum Gasteiger partial charge on any atom is 0.236 e. The molecule has 120 valence electrons. The SMILES string of the molecule is CC1CCC(CN)CN1CC(=O)N1CCCC(C(N)=O)C1. The zero-order chi connectivity index (χ0) is 15.4. The Labute approximate surface area is 126 Å². The molecule has 0 aromatic carbocycles. The highest BCUT2D eigenvalue weighted by Crippen LogP contribution is 2.22. The zero-order valence-electron chi connectivity index (χ0n) is 13.0. The van der Waals surface area contributed by atoms with E-state index in [9.17, 15) is 9.59 Å². The molecule has 6 nitrogen and oxygen atoms in total. The first-order chi connectivity index (χ1) is 10.0. The Kier molecular flexibility index (Phi) is 5.58. The van der Waals surface area contributed by atoms with Gasteiger partial charge < -0.3 is 16.4 Å². The molecule has 0 saturated carbocycles. The molecule has 21 heavy (non-hydrogen) atoms. The van der Waals surface area contributed by atoms with Crippen molar-refractivity contribution < 1.29 is 9.59 Å². The van der Waals surface area contributed by atoms with E-state index in [0.29, 0.717) is 31.6 Å². The van der Waals surface area contributed by atoms with Gasteiger partial charge >= 0.3 is 0 Å². The molecule has 2 amide bonds. The summed E-state index contributed by atoms with van der Waals surface area (Å²) in [5.74, 6) is 0.138. The molecule has 0 spiro atoms. The minimum atomic E-state index is -0.290. The molecule has 2 aliphatic heterocycles. The van der Waals surface area contributed by atoms with Crippen LogP contribution in [0.1, 0.15) is 32.6 Å². The third-order valence-electron chi connectivity index (χ3n) is 4.96. The number of likely N-dealkylation sites (tertiary alicyclic amines) is 2. The van der Waals surface area contributed by atoms with Crippen LogP contribution in [0, 0.1) is 11.8 Å². The number of rotatable bonds is 4. The Morgan fingerprint density at radius 3 is 2.62 bits per heavy atom. The van der Waals surface area contributed by atoms with E-state index in [1.54, 1.807) is 4.90 Å². The average Bonchev–Trinajstić information content (AvgIpc) is 2.49. The maximum absolute atomic E-state index is 12.5. The van der Waals surface area contributed by atoms with Gasteiger partial charge in [-0.05, 0) is 45.1 Å². The highest BCUT2D eigenvalue weighted by molar-refractivity contribution is 5.81. The van der Waals surface area contributed by atoms with Crippen LogP contribution in [0.3, 0.4) is 0 Å². The van der Waals surface area contributed by atoms with Crippen molar-refractivity contribution in [2.75, 3.05) is 32.7 Å². The average molecular weight is 296 g/mol. The van der Waals surface area contributed by atoms with Crippen molar-refractivity contribution in [1.82, 2.24) is 9.80 Å². The molecular weight excluding hydrogens is 268 g/mol. The van der Waals surface area contributed by atoms with Gasteiger partial charge in [0.25, 0.3) is 0 Å². The Balaban J connectivity index is 1.89. The first kappa shape index (κ1) is 16.2. The molecule has 2 heterocycles. The number of carbonyl (C=O) groups excluding carboxylic acids is 2. The summed E-state index contributed by atoms with van der Waals surface area (Å²) in [7, 11) is 0. The van der Waals surface area contributed by atoms with E-state index in [1.165, 1.54) is 0 Å². The molecule has 2 saturated heterocycles. The molecule has 4 N–H and O–H groups in total. The second kappa shape index (κ2) is 7.22. The van der Waals surface area contributed by atoms with Gasteiger partial charge in [-0.1, -0.05) is 0 Å². The molecular formula is C15H28N4O2. The molecule has 3 unspecified atom stereocenters. The highest BCUT2D eigenvalue weighted by Gasteiger charge is 2.30. The Bertz CT molecular complexity index is 388. The van der Waals surface area contributed by atoms with Crippen LogP contribution in [-0.2, 0) is 9.59 Å². The third-order valence-corrected chi connectivity index (χ3v) is 4.96. The van der Waals surface area contributed by atoms with Crippen molar-refractivity contribution >= 4 is 11.8 Å². The summed E-state index contributed by atoms with van der Waals surface area (Å²) in [4.78, 5) is 27.8. The molecule has 2 rings (SSSR count). The van der Waals surface area contributed by atoms with Crippen molar-refractivity contribution in [3.8, 4) is 0 Å². The second-order valence-corrected chi connectivity index (χ2v) is 6.54. The number of carbonyl (C=O) groups is 2. The van der Waals surface area contributed by atoms with E-state index in [4.69, 9.17) is 11.5 Å². The van der Waals surface area contributed by atoms with E-state index in [1.807, 2.05) is 0 Å². The Morgan fingerprint density at radius 2 is 1.95 bits per heavy atom. The number of amides is 2. The largest absolute Gasteiger partial charge is 0.369 e. The van der Waals surface area contributed by atoms with Crippen LogP contribution in [0.4, 0.5) is 0 Å². The van der Waals surface area contributed by atoms with Crippen molar-refractivity contribution in [2.45, 2.75) is 38.6 Å². The topological polar surface area (TPSA) is 92.7 Å². The van der Waals surface area contributed by atoms with Crippen molar-refractivity contribution in [3.63, 3.8) is 0 Å². The van der Waals surface area contributed by atoms with Crippen LogP contribution in [-0.4, -0.2) is 60.4 Å². The lowest BCUT2D eigenvalue weighted by atomic mass is 9.93. The lowest BCUT2D eigenvalue weighted by Gasteiger charge is -2.39. The molecule has 0 bridgehead atoms. The molecule has 0 aliphatic carbocycles. The second-order valence-electron chi connectivity index (χ2n) is 6.54. The van der Waals surface area contributed by atoms with Crippen molar-refractivity contribution in [2.24, 2.45) is 23.3 Å². The standard InChI is InChI=1S/C15H28N4O2/c1-11-4-5-12(7-16)8-19(11)10-14(20)18-6-2-3-13(9-18)15(17)21/h11-13H,2-10,16H2,1H3,(H2,17,21). The van der Waals surface area contributed by atoms with E-state index in [-0.39, 0.29) is 17.7 Å². The predicted molar refractivity (Wildman–Crippen MR) is 81.3 cm³/mol. The van der Waals surface area contributed by atoms with Gasteiger partial charge in [0, 0.05) is 25.7 Å². The van der Waals surface area contributed by atoms with Crippen LogP contribution in [0.2, 0.25) is 0 Å². The van der Waals surface area contributed by atoms with E-state index >= 15 is 0 Å². The fraction of sp³-hybridized carbons (Fsp3) is 0.867. The maximum atomic E-state index is 12.5. The van der Waals surface area contributed by atoms with Gasteiger partial charge in [0.2, 0.25) is 11.8 Å². The van der Waals surface area contributed by atoms with Gasteiger partial charge in [0.15, 0.2) is 0 Å². The number of piperidine rings is 2. The van der Waals surface area contributed by atoms with Crippen LogP contribution < -0.4 is 11.5 Å². The van der Waals surface area contributed by atoms with Gasteiger partial charge in [-0.3, -0.25) is 14.5 Å². The number of nitrogens with two attached hydrogens (primary N) is 2. The van der Waals surface area contributed by atoms with E-state index in [2.05, 4.69) is 11.8 Å². The molecule has 0 aromatic heterocycles. The quantitative estimate of drug-likeness (QED) is 0.749. The molecule has 2 aliphatic rings. The minimum Gasteiger partial charge on any atom is -0.369 e. The fourth-order valence-electron chi connectivity index (χ4n) is 3.38. The van der Waals surface area contributed by atoms with Gasteiger partial charge in [0.1, 0.15) is 0 Å². The minimum absolute atomic E-state index is 0.116. The number of hydrogen-bond acceptors (Lipinski definition) is 4. The van der Waals surface area contributed by atoms with Crippen LogP contribution >= 0.6 is 0 Å². The van der Waals surface area contributed by atoms with Gasteiger partial charge in [-0.15, -0.1) is 0 Å². The first-order valence-corrected chi connectivity index (χ1v) is 8.02. The molecule has 3 atom stereocenters. The lowest BCUT2D eigenvalue weighted by Crippen LogP contribution is -2.51. The fourth-order valence-corrected chi connectivity index (χ4v) is 3.38. The normalized spacial score (nSPS) is 31.1. The van der Waals surface area contributed by atoms with E-state index < -0.39 is 0 Å². The molecule has 2 fully saturated rings. The Hall–Kier alpha value is -1.14.